The van der Waals surface area contributed by atoms with Crippen LogP contribution in [0.3, 0.4) is 0 Å². The first-order valence-electron chi connectivity index (χ1n) is 23.2. The summed E-state index contributed by atoms with van der Waals surface area (Å²) in [5, 5.41) is 66.0. The van der Waals surface area contributed by atoms with Crippen molar-refractivity contribution in [3.05, 3.63) is 36.5 Å². The molecule has 3 saturated heterocycles. The number of ketones is 1. The van der Waals surface area contributed by atoms with Crippen LogP contribution in [0.5, 0.6) is 0 Å². The van der Waals surface area contributed by atoms with Crippen LogP contribution in [0.4, 0.5) is 5.69 Å². The van der Waals surface area contributed by atoms with E-state index in [-0.39, 0.29) is 44.5 Å². The van der Waals surface area contributed by atoms with Gasteiger partial charge in [0.05, 0.1) is 59.7 Å². The van der Waals surface area contributed by atoms with Gasteiger partial charge in [-0.3, -0.25) is 19.4 Å². The summed E-state index contributed by atoms with van der Waals surface area (Å²) in [4.78, 5) is 48.3. The maximum absolute atomic E-state index is 14.7. The van der Waals surface area contributed by atoms with E-state index in [9.17, 15) is 39.9 Å². The largest absolute Gasteiger partial charge is 0.459 e. The van der Waals surface area contributed by atoms with Gasteiger partial charge in [-0.2, -0.15) is 0 Å². The quantitative estimate of drug-likeness (QED) is 0.151. The van der Waals surface area contributed by atoms with Gasteiger partial charge < -0.3 is 69.5 Å². The Bertz CT molecular complexity index is 1950. The molecule has 0 radical (unpaired) electrons. The van der Waals surface area contributed by atoms with E-state index in [1.54, 1.807) is 46.9 Å². The average Bonchev–Trinajstić information content (AvgIpc) is 3.26. The van der Waals surface area contributed by atoms with Crippen LogP contribution in [0.2, 0.25) is 0 Å². The molecule has 372 valence electrons. The number of Topliss-reactive ketones (excluding diaryl/α,β-unsaturated/α-hetero) is 1. The van der Waals surface area contributed by atoms with Crippen molar-refractivity contribution in [3.8, 4) is 0 Å². The number of hydrogen-bond donors (Lipinski definition) is 7. The predicted molar refractivity (Wildman–Crippen MR) is 244 cm³/mol. The minimum absolute atomic E-state index is 0.0350. The molecule has 0 spiro atoms. The molecule has 18 heteroatoms. The molecule has 18 atom stereocenters. The van der Waals surface area contributed by atoms with Crippen LogP contribution in [-0.4, -0.2) is 172 Å². The van der Waals surface area contributed by atoms with Crippen LogP contribution < -0.4 is 10.6 Å². The lowest BCUT2D eigenvalue weighted by Crippen LogP contribution is -2.61. The molecule has 2 aromatic rings. The van der Waals surface area contributed by atoms with Crippen molar-refractivity contribution in [2.75, 3.05) is 39.6 Å². The Kier molecular flexibility index (Phi) is 17.8. The summed E-state index contributed by atoms with van der Waals surface area (Å²) < 4.78 is 37.7. The number of aliphatic hydroxyl groups excluding tert-OH is 3. The number of nitrogens with one attached hydrogen (secondary N) is 2. The van der Waals surface area contributed by atoms with Gasteiger partial charge in [0.15, 0.2) is 12.6 Å². The van der Waals surface area contributed by atoms with E-state index in [1.807, 2.05) is 50.2 Å². The Labute approximate surface area is 389 Å². The molecule has 4 heterocycles. The number of benzene rings is 1. The highest BCUT2D eigenvalue weighted by Crippen LogP contribution is 2.41. The zero-order valence-corrected chi connectivity index (χ0v) is 40.7. The normalized spacial score (nSPS) is 41.0. The zero-order chi connectivity index (χ0) is 49.1. The number of amides is 1. The number of methoxy groups -OCH3 is 1. The number of hydrogen-bond acceptors (Lipinski definition) is 17. The van der Waals surface area contributed by atoms with E-state index in [1.165, 1.54) is 27.9 Å². The van der Waals surface area contributed by atoms with Gasteiger partial charge in [-0.05, 0) is 92.7 Å². The van der Waals surface area contributed by atoms with Crippen LogP contribution >= 0.6 is 0 Å². The fourth-order valence-corrected chi connectivity index (χ4v) is 10.1. The number of likely N-dealkylation sites (N-methyl/N-ethyl adjacent to an activating group) is 1. The lowest BCUT2D eigenvalue weighted by molar-refractivity contribution is -0.318. The van der Waals surface area contributed by atoms with Gasteiger partial charge in [0.25, 0.3) is 0 Å². The minimum atomic E-state index is -2.23. The zero-order valence-electron chi connectivity index (χ0n) is 40.7. The van der Waals surface area contributed by atoms with Crippen molar-refractivity contribution in [3.63, 3.8) is 0 Å². The standard InChI is InChI=1S/C48H76N4O14/c1-25-22-46(7,59)43(66-45-39(55)34(52(10)11)21-26(2)62-45)28(4)40(65-37-23-47(8,61-12)42(57)30(6)63-37)29(5)44(58)64-35(48(9,60)41(56)27(3)38(25)54)18-20-50-36(53)24-51-33-17-13-16-32-31(33)15-14-19-49-32/h13-17,19,25-30,34-35,37,39-43,45,51,55-57,59-60H,18,20-24H2,1-12H3,(H,50,53)/t25-,26-,27+,28+,29-,30+,34+,35-,37+,39-,40+,41-,42+,43-,45-,46-,47-,48-/m1/s1. The van der Waals surface area contributed by atoms with Gasteiger partial charge in [-0.1, -0.05) is 26.8 Å². The third-order valence-electron chi connectivity index (χ3n) is 14.3. The first-order chi connectivity index (χ1) is 30.8. The van der Waals surface area contributed by atoms with E-state index < -0.39 is 113 Å². The van der Waals surface area contributed by atoms with Gasteiger partial charge in [0, 0.05) is 67.6 Å². The molecule has 66 heavy (non-hydrogen) atoms. The van der Waals surface area contributed by atoms with Crippen LogP contribution in [0, 0.1) is 23.7 Å². The fourth-order valence-electron chi connectivity index (χ4n) is 10.1. The van der Waals surface area contributed by atoms with Crippen molar-refractivity contribution in [2.24, 2.45) is 23.7 Å². The van der Waals surface area contributed by atoms with E-state index >= 15 is 0 Å². The van der Waals surface area contributed by atoms with E-state index in [0.717, 1.165) is 10.9 Å². The Morgan fingerprint density at radius 3 is 2.29 bits per heavy atom. The summed E-state index contributed by atoms with van der Waals surface area (Å²) in [7, 11) is 5.13. The molecule has 1 amide bonds. The van der Waals surface area contributed by atoms with Crippen molar-refractivity contribution < 1.29 is 68.3 Å². The van der Waals surface area contributed by atoms with Crippen molar-refractivity contribution in [1.29, 1.82) is 0 Å². The number of pyridine rings is 1. The first kappa shape index (κ1) is 53.6. The maximum Gasteiger partial charge on any atom is 0.311 e. The topological polar surface area (TPSA) is 248 Å². The number of aromatic nitrogens is 1. The van der Waals surface area contributed by atoms with Gasteiger partial charge in [-0.15, -0.1) is 0 Å². The van der Waals surface area contributed by atoms with Crippen LogP contribution in [0.1, 0.15) is 88.0 Å². The Morgan fingerprint density at radius 2 is 1.62 bits per heavy atom. The third-order valence-corrected chi connectivity index (χ3v) is 14.3. The Hall–Kier alpha value is -3.40. The summed E-state index contributed by atoms with van der Waals surface area (Å²) in [6, 6.07) is 8.83. The molecule has 0 aliphatic carbocycles. The number of carbonyl (C=O) groups is 3. The predicted octanol–water partition coefficient (Wildman–Crippen LogP) is 2.54. The van der Waals surface area contributed by atoms with E-state index in [2.05, 4.69) is 15.6 Å². The van der Waals surface area contributed by atoms with E-state index in [0.29, 0.717) is 12.1 Å². The monoisotopic (exact) mass is 933 g/mol. The molecule has 0 unspecified atom stereocenters. The number of esters is 1. The van der Waals surface area contributed by atoms with E-state index in [4.69, 9.17) is 28.4 Å². The second-order valence-electron chi connectivity index (χ2n) is 19.9. The molecule has 1 aromatic carbocycles. The van der Waals surface area contributed by atoms with Crippen LogP contribution in [0.15, 0.2) is 36.5 Å². The maximum atomic E-state index is 14.7. The second-order valence-corrected chi connectivity index (χ2v) is 19.9. The number of carbonyl (C=O) groups excluding carboxylic acids is 3. The highest BCUT2D eigenvalue weighted by atomic mass is 16.7. The first-order valence-corrected chi connectivity index (χ1v) is 23.2. The summed E-state index contributed by atoms with van der Waals surface area (Å²) in [5.74, 6) is -6.03. The summed E-state index contributed by atoms with van der Waals surface area (Å²) in [5.41, 5.74) is -3.75. The summed E-state index contributed by atoms with van der Waals surface area (Å²) in [6.07, 6.45) is -9.49. The van der Waals surface area contributed by atoms with Crippen molar-refractivity contribution >= 4 is 34.3 Å². The second kappa shape index (κ2) is 21.9. The minimum Gasteiger partial charge on any atom is -0.459 e. The number of nitrogens with zero attached hydrogens (tertiary/aromatic N) is 2. The molecular weight excluding hydrogens is 857 g/mol. The SMILES string of the molecule is CO[C@]1(C)C[C@H](O[C@H]2[C@H](C)[C@@H](O[C@H]3O[C@H](C)C[C@H](N(C)C)[C@H]3O)[C@](C)(O)C[C@@H](C)C(=O)[C@H](C)[C@@H](O)[C@](C)(O)[C@@H](CCNC(=O)CNc3cccc4ncccc34)OC(=O)[C@@H]2C)O[C@@H](C)[C@@H]1O. The lowest BCUT2D eigenvalue weighted by Gasteiger charge is -2.49. The highest BCUT2D eigenvalue weighted by Gasteiger charge is 2.53. The van der Waals surface area contributed by atoms with Crippen LogP contribution in [-0.2, 0) is 42.8 Å². The number of anilines is 1. The Balaban J connectivity index is 1.49. The third kappa shape index (κ3) is 12.1. The Morgan fingerprint density at radius 1 is 0.924 bits per heavy atom. The number of rotatable bonds is 12. The molecule has 7 N–H and O–H groups in total. The van der Waals surface area contributed by atoms with Crippen molar-refractivity contribution in [2.45, 2.75) is 172 Å². The van der Waals surface area contributed by atoms with Gasteiger partial charge >= 0.3 is 5.97 Å². The fraction of sp³-hybridized carbons (Fsp3) is 0.750. The molecule has 3 aliphatic heterocycles. The molecule has 0 saturated carbocycles. The molecule has 3 fully saturated rings. The lowest BCUT2D eigenvalue weighted by atomic mass is 9.74. The molecule has 3 aliphatic rings. The van der Waals surface area contributed by atoms with Gasteiger partial charge in [0.1, 0.15) is 29.7 Å². The molecular formula is C48H76N4O14. The van der Waals surface area contributed by atoms with Gasteiger partial charge in [0.2, 0.25) is 5.91 Å². The molecule has 0 bridgehead atoms. The van der Waals surface area contributed by atoms with Crippen LogP contribution in [0.25, 0.3) is 10.9 Å². The number of aliphatic hydroxyl groups is 5. The summed E-state index contributed by atoms with van der Waals surface area (Å²) in [6.45, 7) is 14.1. The average molecular weight is 933 g/mol. The molecule has 18 nitrogen and oxygen atoms in total. The highest BCUT2D eigenvalue weighted by molar-refractivity contribution is 5.93. The van der Waals surface area contributed by atoms with Crippen molar-refractivity contribution in [1.82, 2.24) is 15.2 Å². The molecule has 1 aromatic heterocycles. The number of fused-ring (bicyclic) bond motifs is 1. The molecule has 5 rings (SSSR count). The van der Waals surface area contributed by atoms with Gasteiger partial charge in [-0.25, -0.2) is 0 Å². The summed E-state index contributed by atoms with van der Waals surface area (Å²) >= 11 is 0. The number of ether oxygens (including phenoxy) is 6. The smallest absolute Gasteiger partial charge is 0.311 e. The number of cyclic esters (lactones) is 1.